The van der Waals surface area contributed by atoms with Crippen LogP contribution in [-0.2, 0) is 16.0 Å². The highest BCUT2D eigenvalue weighted by molar-refractivity contribution is 7.12. The Morgan fingerprint density at radius 2 is 1.92 bits per heavy atom. The van der Waals surface area contributed by atoms with Crippen molar-refractivity contribution < 1.29 is 24.2 Å². The number of hydrogen-bond acceptors (Lipinski definition) is 5. The van der Waals surface area contributed by atoms with Crippen molar-refractivity contribution >= 4 is 29.1 Å². The van der Waals surface area contributed by atoms with E-state index in [2.05, 4.69) is 10.6 Å². The van der Waals surface area contributed by atoms with Gasteiger partial charge in [-0.3, -0.25) is 9.59 Å². The van der Waals surface area contributed by atoms with E-state index in [1.54, 1.807) is 36.6 Å². The Morgan fingerprint density at radius 1 is 1.19 bits per heavy atom. The standard InChI is InChI=1S/C18H20N2O5S/c1-12(20-18(24)15-3-2-10-26-15)17(23)19-9-8-13-4-6-14(7-5-13)25-11-16(21)22/h2-7,10,12H,8-9,11H2,1H3,(H,19,23)(H,20,24)(H,21,22). The van der Waals surface area contributed by atoms with Crippen molar-refractivity contribution in [1.82, 2.24) is 10.6 Å². The first kappa shape index (κ1) is 19.5. The number of hydrogen-bond donors (Lipinski definition) is 3. The quantitative estimate of drug-likeness (QED) is 0.618. The first-order valence-electron chi connectivity index (χ1n) is 8.01. The Bertz CT molecular complexity index is 743. The van der Waals surface area contributed by atoms with Gasteiger partial charge in [-0.2, -0.15) is 0 Å². The summed E-state index contributed by atoms with van der Waals surface area (Å²) in [5, 5.41) is 15.8. The van der Waals surface area contributed by atoms with Gasteiger partial charge in [-0.1, -0.05) is 18.2 Å². The van der Waals surface area contributed by atoms with Crippen LogP contribution in [0.2, 0.25) is 0 Å². The first-order chi connectivity index (χ1) is 12.5. The Hall–Kier alpha value is -2.87. The first-order valence-corrected chi connectivity index (χ1v) is 8.89. The lowest BCUT2D eigenvalue weighted by Gasteiger charge is -2.13. The third-order valence-corrected chi connectivity index (χ3v) is 4.35. The summed E-state index contributed by atoms with van der Waals surface area (Å²) in [5.74, 6) is -1.07. The fourth-order valence-corrected chi connectivity index (χ4v) is 2.75. The van der Waals surface area contributed by atoms with Crippen LogP contribution in [0.4, 0.5) is 0 Å². The van der Waals surface area contributed by atoms with Gasteiger partial charge < -0.3 is 20.5 Å². The third-order valence-electron chi connectivity index (χ3n) is 3.48. The molecule has 0 spiro atoms. The summed E-state index contributed by atoms with van der Waals surface area (Å²) >= 11 is 1.32. The molecular formula is C18H20N2O5S. The maximum absolute atomic E-state index is 12.0. The molecule has 0 aliphatic carbocycles. The Kier molecular flexibility index (Phi) is 7.16. The number of nitrogens with one attached hydrogen (secondary N) is 2. The maximum Gasteiger partial charge on any atom is 0.341 e. The van der Waals surface area contributed by atoms with Crippen molar-refractivity contribution in [2.45, 2.75) is 19.4 Å². The van der Waals surface area contributed by atoms with Crippen LogP contribution >= 0.6 is 11.3 Å². The molecule has 7 nitrogen and oxygen atoms in total. The van der Waals surface area contributed by atoms with E-state index in [4.69, 9.17) is 9.84 Å². The third kappa shape index (κ3) is 6.21. The summed E-state index contributed by atoms with van der Waals surface area (Å²) in [4.78, 5) is 35.0. The largest absolute Gasteiger partial charge is 0.482 e. The average molecular weight is 376 g/mol. The molecule has 1 aromatic heterocycles. The van der Waals surface area contributed by atoms with Gasteiger partial charge in [0.05, 0.1) is 4.88 Å². The Balaban J connectivity index is 1.72. The molecule has 0 saturated carbocycles. The van der Waals surface area contributed by atoms with Crippen molar-refractivity contribution in [3.8, 4) is 5.75 Å². The average Bonchev–Trinajstić information content (AvgIpc) is 3.15. The zero-order valence-corrected chi connectivity index (χ0v) is 15.0. The number of carboxylic acid groups (broad SMARTS) is 1. The molecule has 2 aromatic rings. The fourth-order valence-electron chi connectivity index (χ4n) is 2.12. The van der Waals surface area contributed by atoms with Crippen molar-refractivity contribution in [2.75, 3.05) is 13.2 Å². The van der Waals surface area contributed by atoms with Crippen LogP contribution in [0.1, 0.15) is 22.2 Å². The molecule has 138 valence electrons. The van der Waals surface area contributed by atoms with Gasteiger partial charge >= 0.3 is 5.97 Å². The smallest absolute Gasteiger partial charge is 0.341 e. The van der Waals surface area contributed by atoms with Crippen molar-refractivity contribution in [3.05, 3.63) is 52.2 Å². The predicted octanol–water partition coefficient (Wildman–Crippen LogP) is 1.69. The lowest BCUT2D eigenvalue weighted by Crippen LogP contribution is -2.45. The van der Waals surface area contributed by atoms with Gasteiger partial charge in [-0.25, -0.2) is 4.79 Å². The van der Waals surface area contributed by atoms with Crippen LogP contribution in [0, 0.1) is 0 Å². The molecule has 2 rings (SSSR count). The molecule has 1 heterocycles. The minimum Gasteiger partial charge on any atom is -0.482 e. The molecule has 1 aromatic carbocycles. The van der Waals surface area contributed by atoms with Crippen molar-refractivity contribution in [1.29, 1.82) is 0 Å². The molecule has 1 atom stereocenters. The lowest BCUT2D eigenvalue weighted by atomic mass is 10.1. The van der Waals surface area contributed by atoms with E-state index < -0.39 is 12.0 Å². The van der Waals surface area contributed by atoms with E-state index in [0.29, 0.717) is 23.6 Å². The molecule has 0 aliphatic heterocycles. The van der Waals surface area contributed by atoms with Crippen molar-refractivity contribution in [3.63, 3.8) is 0 Å². The number of carbonyl (C=O) groups excluding carboxylic acids is 2. The van der Waals surface area contributed by atoms with Crippen molar-refractivity contribution in [2.24, 2.45) is 0 Å². The second kappa shape index (κ2) is 9.57. The minimum atomic E-state index is -1.03. The number of thiophene rings is 1. The summed E-state index contributed by atoms with van der Waals surface area (Å²) in [7, 11) is 0. The van der Waals surface area contributed by atoms with Gasteiger partial charge in [0.15, 0.2) is 6.61 Å². The van der Waals surface area contributed by atoms with Crippen LogP contribution in [0.15, 0.2) is 41.8 Å². The highest BCUT2D eigenvalue weighted by Gasteiger charge is 2.16. The number of aliphatic carboxylic acids is 1. The highest BCUT2D eigenvalue weighted by Crippen LogP contribution is 2.12. The number of carboxylic acids is 1. The molecular weight excluding hydrogens is 356 g/mol. The van der Waals surface area contributed by atoms with Gasteiger partial charge in [-0.15, -0.1) is 11.3 Å². The van der Waals surface area contributed by atoms with Gasteiger partial charge in [0.2, 0.25) is 5.91 Å². The SMILES string of the molecule is CC(NC(=O)c1cccs1)C(=O)NCCc1ccc(OCC(=O)O)cc1. The normalized spacial score (nSPS) is 11.4. The number of ether oxygens (including phenoxy) is 1. The number of rotatable bonds is 9. The second-order valence-electron chi connectivity index (χ2n) is 5.54. The van der Waals surface area contributed by atoms with E-state index in [1.807, 2.05) is 12.1 Å². The van der Waals surface area contributed by atoms with Gasteiger partial charge in [0, 0.05) is 6.54 Å². The maximum atomic E-state index is 12.0. The zero-order chi connectivity index (χ0) is 18.9. The molecule has 8 heteroatoms. The van der Waals surface area contributed by atoms with E-state index in [1.165, 1.54) is 11.3 Å². The summed E-state index contributed by atoms with van der Waals surface area (Å²) in [6.45, 7) is 1.67. The molecule has 0 radical (unpaired) electrons. The molecule has 26 heavy (non-hydrogen) atoms. The molecule has 2 amide bonds. The summed E-state index contributed by atoms with van der Waals surface area (Å²) in [6.07, 6.45) is 0.608. The lowest BCUT2D eigenvalue weighted by molar-refractivity contribution is -0.139. The summed E-state index contributed by atoms with van der Waals surface area (Å²) in [5.41, 5.74) is 0.975. The van der Waals surface area contributed by atoms with Crippen LogP contribution in [0.3, 0.4) is 0 Å². The van der Waals surface area contributed by atoms with Crippen LogP contribution in [-0.4, -0.2) is 42.1 Å². The fraction of sp³-hybridized carbons (Fsp3) is 0.278. The van der Waals surface area contributed by atoms with E-state index in [0.717, 1.165) is 5.56 Å². The highest BCUT2D eigenvalue weighted by atomic mass is 32.1. The Morgan fingerprint density at radius 3 is 2.54 bits per heavy atom. The summed E-state index contributed by atoms with van der Waals surface area (Å²) < 4.78 is 5.06. The topological polar surface area (TPSA) is 105 Å². The molecule has 3 N–H and O–H groups in total. The van der Waals surface area contributed by atoms with Gasteiger partial charge in [0.25, 0.3) is 5.91 Å². The van der Waals surface area contributed by atoms with Crippen LogP contribution in [0.25, 0.3) is 0 Å². The molecule has 0 saturated heterocycles. The summed E-state index contributed by atoms with van der Waals surface area (Å²) in [6, 6.07) is 9.85. The zero-order valence-electron chi connectivity index (χ0n) is 14.2. The van der Waals surface area contributed by atoms with E-state index >= 15 is 0 Å². The predicted molar refractivity (Wildman–Crippen MR) is 97.5 cm³/mol. The molecule has 0 bridgehead atoms. The van der Waals surface area contributed by atoms with Crippen LogP contribution in [0.5, 0.6) is 5.75 Å². The number of benzene rings is 1. The number of carbonyl (C=O) groups is 3. The molecule has 1 unspecified atom stereocenters. The molecule has 0 fully saturated rings. The number of amides is 2. The Labute approximate surface area is 155 Å². The van der Waals surface area contributed by atoms with E-state index in [9.17, 15) is 14.4 Å². The van der Waals surface area contributed by atoms with Crippen LogP contribution < -0.4 is 15.4 Å². The van der Waals surface area contributed by atoms with E-state index in [-0.39, 0.29) is 18.4 Å². The monoisotopic (exact) mass is 376 g/mol. The molecule has 0 aliphatic rings. The van der Waals surface area contributed by atoms with Gasteiger partial charge in [-0.05, 0) is 42.5 Å². The van der Waals surface area contributed by atoms with Gasteiger partial charge in [0.1, 0.15) is 11.8 Å². The second-order valence-corrected chi connectivity index (χ2v) is 6.49. The minimum absolute atomic E-state index is 0.253.